The van der Waals surface area contributed by atoms with Gasteiger partial charge in [0.05, 0.1) is 5.69 Å². The molecular formula is C20H18FN3O. The molecule has 2 aromatic carbocycles. The zero-order chi connectivity index (χ0) is 17.2. The zero-order valence-electron chi connectivity index (χ0n) is 13.7. The largest absolute Gasteiger partial charge is 0.331 e. The van der Waals surface area contributed by atoms with E-state index in [0.29, 0.717) is 12.1 Å². The Morgan fingerprint density at radius 3 is 2.44 bits per heavy atom. The molecule has 1 aliphatic carbocycles. The summed E-state index contributed by atoms with van der Waals surface area (Å²) in [4.78, 5) is 14.8. The Bertz CT molecular complexity index is 853. The van der Waals surface area contributed by atoms with Gasteiger partial charge in [-0.1, -0.05) is 12.1 Å². The van der Waals surface area contributed by atoms with E-state index in [4.69, 9.17) is 0 Å². The Labute approximate surface area is 145 Å². The number of aromatic nitrogens is 2. The first kappa shape index (κ1) is 15.6. The summed E-state index contributed by atoms with van der Waals surface area (Å²) >= 11 is 0. The maximum Gasteiger partial charge on any atom is 0.254 e. The summed E-state index contributed by atoms with van der Waals surface area (Å²) in [6.45, 7) is 0.505. The summed E-state index contributed by atoms with van der Waals surface area (Å²) in [6, 6.07) is 15.9. The fourth-order valence-electron chi connectivity index (χ4n) is 2.88. The van der Waals surface area contributed by atoms with Crippen LogP contribution in [0.2, 0.25) is 0 Å². The van der Waals surface area contributed by atoms with Crippen LogP contribution >= 0.6 is 0 Å². The number of carbonyl (C=O) groups excluding carboxylic acids is 1. The Morgan fingerprint density at radius 2 is 1.84 bits per heavy atom. The third-order valence-electron chi connectivity index (χ3n) is 4.40. The molecule has 25 heavy (non-hydrogen) atoms. The third kappa shape index (κ3) is 3.45. The second-order valence-corrected chi connectivity index (χ2v) is 6.29. The van der Waals surface area contributed by atoms with Crippen molar-refractivity contribution in [2.45, 2.75) is 25.4 Å². The van der Waals surface area contributed by atoms with Gasteiger partial charge in [-0.05, 0) is 60.9 Å². The summed E-state index contributed by atoms with van der Waals surface area (Å²) in [5, 5.41) is 4.19. The molecule has 1 fully saturated rings. The van der Waals surface area contributed by atoms with E-state index in [0.717, 1.165) is 24.1 Å². The standard InChI is InChI=1S/C20H18FN3O/c21-17-6-2-15(3-7-17)14-23(18-10-11-18)20(25)16-4-8-19(9-5-16)24-13-1-12-22-24/h1-9,12-13,18H,10-11,14H2. The van der Waals surface area contributed by atoms with Crippen LogP contribution < -0.4 is 0 Å². The van der Waals surface area contributed by atoms with Crippen molar-refractivity contribution in [2.24, 2.45) is 0 Å². The highest BCUT2D eigenvalue weighted by Crippen LogP contribution is 2.30. The second-order valence-electron chi connectivity index (χ2n) is 6.29. The van der Waals surface area contributed by atoms with E-state index in [9.17, 15) is 9.18 Å². The normalized spacial score (nSPS) is 13.6. The lowest BCUT2D eigenvalue weighted by molar-refractivity contribution is 0.0730. The first-order valence-electron chi connectivity index (χ1n) is 8.36. The van der Waals surface area contributed by atoms with E-state index in [1.54, 1.807) is 23.0 Å². The Morgan fingerprint density at radius 1 is 1.12 bits per heavy atom. The molecule has 0 aliphatic heterocycles. The van der Waals surface area contributed by atoms with E-state index in [2.05, 4.69) is 5.10 Å². The van der Waals surface area contributed by atoms with Gasteiger partial charge < -0.3 is 4.90 Å². The molecule has 1 heterocycles. The Hall–Kier alpha value is -2.95. The van der Waals surface area contributed by atoms with Crippen LogP contribution in [0.25, 0.3) is 5.69 Å². The summed E-state index contributed by atoms with van der Waals surface area (Å²) in [5.74, 6) is -0.249. The summed E-state index contributed by atoms with van der Waals surface area (Å²) in [5.41, 5.74) is 2.51. The molecule has 0 spiro atoms. The van der Waals surface area contributed by atoms with Gasteiger partial charge in [0.2, 0.25) is 0 Å². The van der Waals surface area contributed by atoms with Crippen molar-refractivity contribution >= 4 is 5.91 Å². The topological polar surface area (TPSA) is 38.1 Å². The van der Waals surface area contributed by atoms with Crippen LogP contribution in [0.1, 0.15) is 28.8 Å². The van der Waals surface area contributed by atoms with Crippen LogP contribution in [0.4, 0.5) is 4.39 Å². The third-order valence-corrected chi connectivity index (χ3v) is 4.40. The molecule has 1 amide bonds. The highest BCUT2D eigenvalue weighted by Gasteiger charge is 2.33. The highest BCUT2D eigenvalue weighted by molar-refractivity contribution is 5.94. The zero-order valence-corrected chi connectivity index (χ0v) is 13.7. The summed E-state index contributed by atoms with van der Waals surface area (Å²) in [7, 11) is 0. The molecule has 0 radical (unpaired) electrons. The number of rotatable bonds is 5. The molecule has 4 rings (SSSR count). The molecule has 1 saturated carbocycles. The lowest BCUT2D eigenvalue weighted by Gasteiger charge is -2.23. The molecule has 5 heteroatoms. The van der Waals surface area contributed by atoms with E-state index < -0.39 is 0 Å². The van der Waals surface area contributed by atoms with Gasteiger partial charge in [-0.15, -0.1) is 0 Å². The van der Waals surface area contributed by atoms with E-state index >= 15 is 0 Å². The number of hydrogen-bond acceptors (Lipinski definition) is 2. The predicted molar refractivity (Wildman–Crippen MR) is 92.9 cm³/mol. The highest BCUT2D eigenvalue weighted by atomic mass is 19.1. The molecule has 126 valence electrons. The van der Waals surface area contributed by atoms with Crippen molar-refractivity contribution in [1.82, 2.24) is 14.7 Å². The Balaban J connectivity index is 1.53. The van der Waals surface area contributed by atoms with Crippen LogP contribution in [0.5, 0.6) is 0 Å². The molecule has 1 aliphatic rings. The predicted octanol–water partition coefficient (Wildman–Crippen LogP) is 3.82. The maximum atomic E-state index is 13.1. The van der Waals surface area contributed by atoms with Gasteiger partial charge in [0.15, 0.2) is 0 Å². The van der Waals surface area contributed by atoms with E-state index in [-0.39, 0.29) is 17.8 Å². The van der Waals surface area contributed by atoms with Crippen molar-refractivity contribution in [3.63, 3.8) is 0 Å². The molecule has 0 saturated heterocycles. The van der Waals surface area contributed by atoms with Crippen molar-refractivity contribution < 1.29 is 9.18 Å². The number of amides is 1. The van der Waals surface area contributed by atoms with Crippen LogP contribution in [0.15, 0.2) is 67.0 Å². The number of nitrogens with zero attached hydrogens (tertiary/aromatic N) is 3. The minimum Gasteiger partial charge on any atom is -0.331 e. The lowest BCUT2D eigenvalue weighted by Crippen LogP contribution is -2.32. The van der Waals surface area contributed by atoms with Gasteiger partial charge in [-0.25, -0.2) is 9.07 Å². The van der Waals surface area contributed by atoms with Crippen LogP contribution in [0, 0.1) is 5.82 Å². The lowest BCUT2D eigenvalue weighted by atomic mass is 10.1. The minimum absolute atomic E-state index is 0.0128. The van der Waals surface area contributed by atoms with Gasteiger partial charge in [0.25, 0.3) is 5.91 Å². The Kier molecular flexibility index (Phi) is 4.06. The molecular weight excluding hydrogens is 317 g/mol. The molecule has 0 atom stereocenters. The monoisotopic (exact) mass is 335 g/mol. The van der Waals surface area contributed by atoms with E-state index in [1.165, 1.54) is 12.1 Å². The van der Waals surface area contributed by atoms with Gasteiger partial charge in [-0.3, -0.25) is 4.79 Å². The van der Waals surface area contributed by atoms with Crippen LogP contribution in [-0.4, -0.2) is 26.6 Å². The molecule has 4 nitrogen and oxygen atoms in total. The average molecular weight is 335 g/mol. The summed E-state index contributed by atoms with van der Waals surface area (Å²) < 4.78 is 14.8. The first-order chi connectivity index (χ1) is 12.2. The van der Waals surface area contributed by atoms with Crippen LogP contribution in [0.3, 0.4) is 0 Å². The van der Waals surface area contributed by atoms with Gasteiger partial charge in [-0.2, -0.15) is 5.10 Å². The van der Waals surface area contributed by atoms with Crippen molar-refractivity contribution in [3.8, 4) is 5.69 Å². The van der Waals surface area contributed by atoms with E-state index in [1.807, 2.05) is 41.4 Å². The smallest absolute Gasteiger partial charge is 0.254 e. The average Bonchev–Trinajstić information content (AvgIpc) is 3.34. The van der Waals surface area contributed by atoms with Gasteiger partial charge in [0.1, 0.15) is 5.82 Å². The molecule has 0 N–H and O–H groups in total. The number of hydrogen-bond donors (Lipinski definition) is 0. The fraction of sp³-hybridized carbons (Fsp3) is 0.200. The van der Waals surface area contributed by atoms with Crippen molar-refractivity contribution in [2.75, 3.05) is 0 Å². The molecule has 3 aromatic rings. The van der Waals surface area contributed by atoms with Gasteiger partial charge >= 0.3 is 0 Å². The minimum atomic E-state index is -0.262. The fourth-order valence-corrected chi connectivity index (χ4v) is 2.88. The second kappa shape index (κ2) is 6.51. The number of carbonyl (C=O) groups is 1. The van der Waals surface area contributed by atoms with Gasteiger partial charge in [0, 0.05) is 30.5 Å². The number of halogens is 1. The SMILES string of the molecule is O=C(c1ccc(-n2cccn2)cc1)N(Cc1ccc(F)cc1)C1CC1. The van der Waals surface area contributed by atoms with Crippen molar-refractivity contribution in [3.05, 3.63) is 83.9 Å². The quantitative estimate of drug-likeness (QED) is 0.711. The number of benzene rings is 2. The van der Waals surface area contributed by atoms with Crippen molar-refractivity contribution in [1.29, 1.82) is 0 Å². The summed E-state index contributed by atoms with van der Waals surface area (Å²) in [6.07, 6.45) is 5.63. The molecule has 0 unspecified atom stereocenters. The first-order valence-corrected chi connectivity index (χ1v) is 8.36. The van der Waals surface area contributed by atoms with Crippen LogP contribution in [-0.2, 0) is 6.54 Å². The maximum absolute atomic E-state index is 13.1. The molecule has 1 aromatic heterocycles. The molecule has 0 bridgehead atoms.